The second-order valence-electron chi connectivity index (χ2n) is 5.72. The summed E-state index contributed by atoms with van der Waals surface area (Å²) in [5.41, 5.74) is 1.00. The summed E-state index contributed by atoms with van der Waals surface area (Å²) in [6.07, 6.45) is 2.12. The Kier molecular flexibility index (Phi) is 4.31. The Bertz CT molecular complexity index is 577. The molecule has 1 saturated heterocycles. The van der Waals surface area contributed by atoms with Gasteiger partial charge in [0.05, 0.1) is 30.8 Å². The van der Waals surface area contributed by atoms with Crippen molar-refractivity contribution >= 4 is 10.1 Å². The summed E-state index contributed by atoms with van der Waals surface area (Å²) >= 11 is 0. The minimum absolute atomic E-state index is 0.000566. The summed E-state index contributed by atoms with van der Waals surface area (Å²) in [5.74, 6) is 0.571. The zero-order chi connectivity index (χ0) is 14.9. The molecular formula is C15H20O5S. The van der Waals surface area contributed by atoms with Gasteiger partial charge >= 0.3 is 0 Å². The second-order valence-corrected chi connectivity index (χ2v) is 7.34. The molecule has 6 heteroatoms. The van der Waals surface area contributed by atoms with E-state index >= 15 is 0 Å². The van der Waals surface area contributed by atoms with Gasteiger partial charge in [0.1, 0.15) is 6.10 Å². The minimum atomic E-state index is -3.73. The van der Waals surface area contributed by atoms with E-state index in [2.05, 4.69) is 0 Å². The Morgan fingerprint density at radius 2 is 1.90 bits per heavy atom. The standard InChI is InChI=1S/C15H20O5S/c1-11-2-6-14(7-3-11)21(16,17)19-9-13-8-18-10-15(20-13)12-4-5-12/h2-3,6-7,12-13,15H,4-5,8-10H2,1H3. The Morgan fingerprint density at radius 1 is 1.19 bits per heavy atom. The van der Waals surface area contributed by atoms with Gasteiger partial charge in [0.2, 0.25) is 0 Å². The molecule has 116 valence electrons. The molecule has 0 bridgehead atoms. The van der Waals surface area contributed by atoms with Gasteiger partial charge in [-0.25, -0.2) is 0 Å². The molecule has 1 aliphatic heterocycles. The second kappa shape index (κ2) is 6.04. The first kappa shape index (κ1) is 15.0. The van der Waals surface area contributed by atoms with Crippen molar-refractivity contribution in [2.24, 2.45) is 5.92 Å². The Balaban J connectivity index is 1.57. The van der Waals surface area contributed by atoms with Gasteiger partial charge in [-0.15, -0.1) is 0 Å². The zero-order valence-corrected chi connectivity index (χ0v) is 12.8. The molecule has 3 rings (SSSR count). The Morgan fingerprint density at radius 3 is 2.57 bits per heavy atom. The molecular weight excluding hydrogens is 292 g/mol. The first-order valence-corrected chi connectivity index (χ1v) is 8.65. The summed E-state index contributed by atoms with van der Waals surface area (Å²) in [6, 6.07) is 6.60. The van der Waals surface area contributed by atoms with E-state index in [-0.39, 0.29) is 23.7 Å². The molecule has 0 spiro atoms. The smallest absolute Gasteiger partial charge is 0.297 e. The van der Waals surface area contributed by atoms with E-state index in [0.29, 0.717) is 19.1 Å². The third-order valence-corrected chi connectivity index (χ3v) is 5.12. The Labute approximate surface area is 125 Å². The average molecular weight is 312 g/mol. The zero-order valence-electron chi connectivity index (χ0n) is 12.0. The lowest BCUT2D eigenvalue weighted by Gasteiger charge is -2.29. The van der Waals surface area contributed by atoms with E-state index in [1.54, 1.807) is 24.3 Å². The molecule has 21 heavy (non-hydrogen) atoms. The van der Waals surface area contributed by atoms with Crippen molar-refractivity contribution in [2.75, 3.05) is 19.8 Å². The van der Waals surface area contributed by atoms with Crippen LogP contribution >= 0.6 is 0 Å². The fraction of sp³-hybridized carbons (Fsp3) is 0.600. The van der Waals surface area contributed by atoms with Crippen LogP contribution in [0.1, 0.15) is 18.4 Å². The van der Waals surface area contributed by atoms with Crippen LogP contribution in [0.15, 0.2) is 29.2 Å². The molecule has 2 aliphatic rings. The maximum Gasteiger partial charge on any atom is 0.297 e. The van der Waals surface area contributed by atoms with Crippen LogP contribution in [0.3, 0.4) is 0 Å². The maximum absolute atomic E-state index is 12.1. The van der Waals surface area contributed by atoms with Crippen molar-refractivity contribution in [1.82, 2.24) is 0 Å². The number of aryl methyl sites for hydroxylation is 1. The largest absolute Gasteiger partial charge is 0.376 e. The first-order valence-electron chi connectivity index (χ1n) is 7.24. The lowest BCUT2D eigenvalue weighted by atomic mass is 10.2. The molecule has 1 heterocycles. The van der Waals surface area contributed by atoms with Gasteiger partial charge in [0.25, 0.3) is 10.1 Å². The van der Waals surface area contributed by atoms with Crippen LogP contribution in [0.25, 0.3) is 0 Å². The van der Waals surface area contributed by atoms with Crippen LogP contribution in [-0.2, 0) is 23.8 Å². The number of hydrogen-bond donors (Lipinski definition) is 0. The maximum atomic E-state index is 12.1. The summed E-state index contributed by atoms with van der Waals surface area (Å²) in [4.78, 5) is 0.170. The van der Waals surface area contributed by atoms with E-state index in [1.807, 2.05) is 6.92 Å². The monoisotopic (exact) mass is 312 g/mol. The van der Waals surface area contributed by atoms with Gasteiger partial charge < -0.3 is 9.47 Å². The summed E-state index contributed by atoms with van der Waals surface area (Å²) < 4.78 is 40.6. The summed E-state index contributed by atoms with van der Waals surface area (Å²) in [6.45, 7) is 2.89. The van der Waals surface area contributed by atoms with Crippen LogP contribution in [0.4, 0.5) is 0 Å². The highest BCUT2D eigenvalue weighted by atomic mass is 32.2. The number of hydrogen-bond acceptors (Lipinski definition) is 5. The summed E-state index contributed by atoms with van der Waals surface area (Å²) in [7, 11) is -3.73. The topological polar surface area (TPSA) is 61.8 Å². The number of ether oxygens (including phenoxy) is 2. The molecule has 0 aromatic heterocycles. The van der Waals surface area contributed by atoms with Crippen LogP contribution in [-0.4, -0.2) is 40.4 Å². The molecule has 1 aromatic carbocycles. The van der Waals surface area contributed by atoms with Crippen molar-refractivity contribution in [3.8, 4) is 0 Å². The molecule has 1 saturated carbocycles. The SMILES string of the molecule is Cc1ccc(S(=O)(=O)OCC2COCC(C3CC3)O2)cc1. The van der Waals surface area contributed by atoms with Gasteiger partial charge in [0, 0.05) is 0 Å². The minimum Gasteiger partial charge on any atom is -0.376 e. The highest BCUT2D eigenvalue weighted by molar-refractivity contribution is 7.86. The van der Waals surface area contributed by atoms with Gasteiger partial charge in [-0.2, -0.15) is 8.42 Å². The van der Waals surface area contributed by atoms with Gasteiger partial charge in [-0.05, 0) is 37.8 Å². The molecule has 0 N–H and O–H groups in total. The van der Waals surface area contributed by atoms with E-state index in [0.717, 1.165) is 5.56 Å². The fourth-order valence-electron chi connectivity index (χ4n) is 2.38. The fourth-order valence-corrected chi connectivity index (χ4v) is 3.32. The third-order valence-electron chi connectivity index (χ3n) is 3.82. The molecule has 2 atom stereocenters. The van der Waals surface area contributed by atoms with Gasteiger partial charge in [0.15, 0.2) is 0 Å². The molecule has 5 nitrogen and oxygen atoms in total. The van der Waals surface area contributed by atoms with Crippen LogP contribution in [0, 0.1) is 12.8 Å². The molecule has 0 radical (unpaired) electrons. The predicted octanol–water partition coefficient (Wildman–Crippen LogP) is 1.89. The highest BCUT2D eigenvalue weighted by Gasteiger charge is 2.36. The lowest BCUT2D eigenvalue weighted by molar-refractivity contribution is -0.153. The Hall–Kier alpha value is -0.950. The third kappa shape index (κ3) is 3.83. The van der Waals surface area contributed by atoms with Gasteiger partial charge in [-0.1, -0.05) is 17.7 Å². The van der Waals surface area contributed by atoms with Crippen molar-refractivity contribution in [3.63, 3.8) is 0 Å². The van der Waals surface area contributed by atoms with E-state index in [4.69, 9.17) is 13.7 Å². The van der Waals surface area contributed by atoms with Crippen molar-refractivity contribution < 1.29 is 22.1 Å². The van der Waals surface area contributed by atoms with E-state index in [1.165, 1.54) is 12.8 Å². The van der Waals surface area contributed by atoms with E-state index < -0.39 is 10.1 Å². The van der Waals surface area contributed by atoms with Crippen molar-refractivity contribution in [2.45, 2.75) is 36.9 Å². The van der Waals surface area contributed by atoms with E-state index in [9.17, 15) is 8.42 Å². The van der Waals surface area contributed by atoms with Crippen molar-refractivity contribution in [1.29, 1.82) is 0 Å². The average Bonchev–Trinajstić information content (AvgIpc) is 3.31. The van der Waals surface area contributed by atoms with Gasteiger partial charge in [-0.3, -0.25) is 4.18 Å². The molecule has 1 aromatic rings. The molecule has 0 amide bonds. The quantitative estimate of drug-likeness (QED) is 0.777. The van der Waals surface area contributed by atoms with Crippen LogP contribution < -0.4 is 0 Å². The van der Waals surface area contributed by atoms with Crippen molar-refractivity contribution in [3.05, 3.63) is 29.8 Å². The first-order chi connectivity index (χ1) is 10.0. The summed E-state index contributed by atoms with van der Waals surface area (Å²) in [5, 5.41) is 0. The number of benzene rings is 1. The normalized spacial score (nSPS) is 26.7. The molecule has 1 aliphatic carbocycles. The lowest BCUT2D eigenvalue weighted by Crippen LogP contribution is -2.40. The van der Waals surface area contributed by atoms with Crippen LogP contribution in [0.2, 0.25) is 0 Å². The predicted molar refractivity (Wildman–Crippen MR) is 76.5 cm³/mol. The van der Waals surface area contributed by atoms with Crippen LogP contribution in [0.5, 0.6) is 0 Å². The molecule has 2 unspecified atom stereocenters. The molecule has 2 fully saturated rings. The highest BCUT2D eigenvalue weighted by Crippen LogP contribution is 2.36. The number of rotatable bonds is 5.